The molecule has 0 saturated heterocycles. The summed E-state index contributed by atoms with van der Waals surface area (Å²) in [6.45, 7) is 4.09. The third-order valence-electron chi connectivity index (χ3n) is 3.75. The van der Waals surface area contributed by atoms with Crippen LogP contribution in [0.5, 0.6) is 5.75 Å². The van der Waals surface area contributed by atoms with Gasteiger partial charge in [0.1, 0.15) is 6.54 Å². The maximum absolute atomic E-state index is 12.4. The van der Waals surface area contributed by atoms with E-state index in [4.69, 9.17) is 4.74 Å². The van der Waals surface area contributed by atoms with Crippen LogP contribution in [-0.2, 0) is 9.59 Å². The molecule has 0 aromatic heterocycles. The SMILES string of the molecule is Cc1ccc(C)c(NC(=O)CN2CC(=O)Oc3ccccc32)c1. The molecule has 1 heterocycles. The van der Waals surface area contributed by atoms with E-state index >= 15 is 0 Å². The van der Waals surface area contributed by atoms with E-state index in [1.807, 2.05) is 44.2 Å². The van der Waals surface area contributed by atoms with Gasteiger partial charge in [0.05, 0.1) is 12.2 Å². The van der Waals surface area contributed by atoms with Crippen molar-refractivity contribution in [1.29, 1.82) is 0 Å². The van der Waals surface area contributed by atoms with Crippen LogP contribution in [0.15, 0.2) is 42.5 Å². The summed E-state index contributed by atoms with van der Waals surface area (Å²) in [7, 11) is 0. The fraction of sp³-hybridized carbons (Fsp3) is 0.222. The first-order chi connectivity index (χ1) is 11.0. The van der Waals surface area contributed by atoms with Gasteiger partial charge in [-0.05, 0) is 43.2 Å². The summed E-state index contributed by atoms with van der Waals surface area (Å²) < 4.78 is 5.18. The number of anilines is 2. The highest BCUT2D eigenvalue weighted by Gasteiger charge is 2.25. The molecule has 2 aromatic rings. The monoisotopic (exact) mass is 310 g/mol. The third kappa shape index (κ3) is 3.34. The topological polar surface area (TPSA) is 58.6 Å². The number of ether oxygens (including phenoxy) is 1. The zero-order chi connectivity index (χ0) is 16.4. The molecule has 0 bridgehead atoms. The Kier molecular flexibility index (Phi) is 4.02. The van der Waals surface area contributed by atoms with E-state index in [1.165, 1.54) is 0 Å². The van der Waals surface area contributed by atoms with Crippen molar-refractivity contribution in [1.82, 2.24) is 0 Å². The minimum absolute atomic E-state index is 0.0667. The number of aryl methyl sites for hydroxylation is 2. The normalized spacial score (nSPS) is 13.3. The number of rotatable bonds is 3. The van der Waals surface area contributed by atoms with Gasteiger partial charge in [0.15, 0.2) is 5.75 Å². The van der Waals surface area contributed by atoms with Crippen LogP contribution in [0.1, 0.15) is 11.1 Å². The number of hydrogen-bond acceptors (Lipinski definition) is 4. The van der Waals surface area contributed by atoms with Gasteiger partial charge in [-0.2, -0.15) is 0 Å². The molecule has 1 amide bonds. The van der Waals surface area contributed by atoms with Crippen molar-refractivity contribution >= 4 is 23.3 Å². The minimum Gasteiger partial charge on any atom is -0.423 e. The molecule has 2 aromatic carbocycles. The summed E-state index contributed by atoms with van der Waals surface area (Å²) in [4.78, 5) is 25.8. The number of carbonyl (C=O) groups excluding carboxylic acids is 2. The van der Waals surface area contributed by atoms with Crippen molar-refractivity contribution in [2.45, 2.75) is 13.8 Å². The van der Waals surface area contributed by atoms with Crippen molar-refractivity contribution in [2.75, 3.05) is 23.3 Å². The van der Waals surface area contributed by atoms with E-state index in [0.717, 1.165) is 22.5 Å². The fourth-order valence-electron chi connectivity index (χ4n) is 2.58. The lowest BCUT2D eigenvalue weighted by Crippen LogP contribution is -2.41. The van der Waals surface area contributed by atoms with Crippen LogP contribution >= 0.6 is 0 Å². The molecule has 5 nitrogen and oxygen atoms in total. The van der Waals surface area contributed by atoms with Crippen molar-refractivity contribution in [2.24, 2.45) is 0 Å². The summed E-state index contributed by atoms with van der Waals surface area (Å²) in [6.07, 6.45) is 0. The number of esters is 1. The summed E-state index contributed by atoms with van der Waals surface area (Å²) >= 11 is 0. The maximum Gasteiger partial charge on any atom is 0.331 e. The van der Waals surface area contributed by atoms with Gasteiger partial charge >= 0.3 is 5.97 Å². The Bertz CT molecular complexity index is 771. The van der Waals surface area contributed by atoms with E-state index in [-0.39, 0.29) is 25.0 Å². The second kappa shape index (κ2) is 6.12. The molecule has 0 unspecified atom stereocenters. The van der Waals surface area contributed by atoms with Gasteiger partial charge in [-0.1, -0.05) is 24.3 Å². The van der Waals surface area contributed by atoms with Gasteiger partial charge < -0.3 is 15.0 Å². The lowest BCUT2D eigenvalue weighted by atomic mass is 10.1. The third-order valence-corrected chi connectivity index (χ3v) is 3.75. The molecule has 0 atom stereocenters. The highest BCUT2D eigenvalue weighted by atomic mass is 16.5. The zero-order valence-electron chi connectivity index (χ0n) is 13.1. The van der Waals surface area contributed by atoms with Crippen molar-refractivity contribution in [3.63, 3.8) is 0 Å². The number of hydrogen-bond donors (Lipinski definition) is 1. The van der Waals surface area contributed by atoms with Gasteiger partial charge in [0.25, 0.3) is 0 Å². The fourth-order valence-corrected chi connectivity index (χ4v) is 2.58. The second-order valence-electron chi connectivity index (χ2n) is 5.66. The molecule has 0 saturated carbocycles. The molecule has 0 fully saturated rings. The predicted octanol–water partition coefficient (Wildman–Crippen LogP) is 2.67. The Morgan fingerprint density at radius 2 is 2.00 bits per heavy atom. The van der Waals surface area contributed by atoms with Crippen LogP contribution in [0, 0.1) is 13.8 Å². The molecule has 0 radical (unpaired) electrons. The van der Waals surface area contributed by atoms with E-state index in [9.17, 15) is 9.59 Å². The number of nitrogens with one attached hydrogen (secondary N) is 1. The molecule has 0 spiro atoms. The van der Waals surface area contributed by atoms with E-state index in [2.05, 4.69) is 5.32 Å². The van der Waals surface area contributed by atoms with Crippen molar-refractivity contribution < 1.29 is 14.3 Å². The number of amides is 1. The summed E-state index contributed by atoms with van der Waals surface area (Å²) in [5.74, 6) is -0.0327. The zero-order valence-corrected chi connectivity index (χ0v) is 13.1. The Labute approximate surface area is 134 Å². The molecule has 3 rings (SSSR count). The average Bonchev–Trinajstić information content (AvgIpc) is 2.50. The van der Waals surface area contributed by atoms with Crippen LogP contribution in [-0.4, -0.2) is 25.0 Å². The molecular formula is C18H18N2O3. The minimum atomic E-state index is -0.358. The number of benzene rings is 2. The van der Waals surface area contributed by atoms with Crippen LogP contribution in [0.4, 0.5) is 11.4 Å². The average molecular weight is 310 g/mol. The standard InChI is InChI=1S/C18H18N2O3/c1-12-7-8-13(2)14(9-12)19-17(21)10-20-11-18(22)23-16-6-4-3-5-15(16)20/h3-9H,10-11H2,1-2H3,(H,19,21). The molecule has 1 aliphatic heterocycles. The molecule has 1 N–H and O–H groups in total. The van der Waals surface area contributed by atoms with E-state index in [1.54, 1.807) is 17.0 Å². The maximum atomic E-state index is 12.4. The van der Waals surface area contributed by atoms with Gasteiger partial charge in [-0.25, -0.2) is 4.79 Å². The summed E-state index contributed by atoms with van der Waals surface area (Å²) in [5, 5.41) is 2.91. The summed E-state index contributed by atoms with van der Waals surface area (Å²) in [6, 6.07) is 13.1. The van der Waals surface area contributed by atoms with Crippen LogP contribution in [0.3, 0.4) is 0 Å². The summed E-state index contributed by atoms with van der Waals surface area (Å²) in [5.41, 5.74) is 3.63. The Morgan fingerprint density at radius 1 is 1.22 bits per heavy atom. The van der Waals surface area contributed by atoms with Gasteiger partial charge in [-0.15, -0.1) is 0 Å². The first-order valence-corrected chi connectivity index (χ1v) is 7.45. The highest BCUT2D eigenvalue weighted by Crippen LogP contribution is 2.31. The van der Waals surface area contributed by atoms with Gasteiger partial charge in [0.2, 0.25) is 5.91 Å². The molecule has 0 aliphatic carbocycles. The second-order valence-corrected chi connectivity index (χ2v) is 5.66. The molecular weight excluding hydrogens is 292 g/mol. The van der Waals surface area contributed by atoms with Crippen molar-refractivity contribution in [3.8, 4) is 5.75 Å². The largest absolute Gasteiger partial charge is 0.423 e. The van der Waals surface area contributed by atoms with Gasteiger partial charge in [0, 0.05) is 5.69 Å². The number of para-hydroxylation sites is 2. The molecule has 118 valence electrons. The molecule has 23 heavy (non-hydrogen) atoms. The lowest BCUT2D eigenvalue weighted by molar-refractivity contribution is -0.133. The molecule has 1 aliphatic rings. The number of nitrogens with zero attached hydrogens (tertiary/aromatic N) is 1. The van der Waals surface area contributed by atoms with Crippen molar-refractivity contribution in [3.05, 3.63) is 53.6 Å². The van der Waals surface area contributed by atoms with Gasteiger partial charge in [-0.3, -0.25) is 4.79 Å². The number of fused-ring (bicyclic) bond motifs is 1. The number of carbonyl (C=O) groups is 2. The van der Waals surface area contributed by atoms with E-state index < -0.39 is 0 Å². The lowest BCUT2D eigenvalue weighted by Gasteiger charge is -2.29. The Balaban J connectivity index is 1.75. The first-order valence-electron chi connectivity index (χ1n) is 7.45. The first kappa shape index (κ1) is 15.1. The van der Waals surface area contributed by atoms with E-state index in [0.29, 0.717) is 5.75 Å². The smallest absolute Gasteiger partial charge is 0.331 e. The quantitative estimate of drug-likeness (QED) is 0.699. The van der Waals surface area contributed by atoms with Crippen LogP contribution in [0.25, 0.3) is 0 Å². The Morgan fingerprint density at radius 3 is 2.83 bits per heavy atom. The Hall–Kier alpha value is -2.82. The highest BCUT2D eigenvalue weighted by molar-refractivity contribution is 5.96. The van der Waals surface area contributed by atoms with Crippen LogP contribution in [0.2, 0.25) is 0 Å². The molecule has 5 heteroatoms. The predicted molar refractivity (Wildman–Crippen MR) is 88.8 cm³/mol. The van der Waals surface area contributed by atoms with Crippen LogP contribution < -0.4 is 15.0 Å².